The molecular weight excluding hydrogens is 313 g/mol. The largest absolute Gasteiger partial charge is 0.462 e. The van der Waals surface area contributed by atoms with E-state index < -0.39 is 5.97 Å². The Kier molecular flexibility index (Phi) is 4.88. The average molecular weight is 326 g/mol. The molecule has 0 aliphatic heterocycles. The molecule has 0 fully saturated rings. The molecule has 0 aliphatic carbocycles. The number of nitrogen functional groups attached to an aromatic ring is 1. The Morgan fingerprint density at radius 3 is 2.67 bits per heavy atom. The lowest BCUT2D eigenvalue weighted by atomic mass is 10.2. The topological polar surface area (TPSA) is 77.2 Å². The summed E-state index contributed by atoms with van der Waals surface area (Å²) in [4.78, 5) is 15.9. The Labute approximate surface area is 132 Å². The predicted octanol–water partition coefficient (Wildman–Crippen LogP) is 3.89. The van der Waals surface area contributed by atoms with E-state index in [-0.39, 0.29) is 17.9 Å². The minimum atomic E-state index is -0.509. The molecule has 0 spiro atoms. The van der Waals surface area contributed by atoms with Crippen LogP contribution in [0.25, 0.3) is 0 Å². The molecule has 5 nitrogen and oxygen atoms in total. The highest BCUT2D eigenvalue weighted by molar-refractivity contribution is 6.39. The van der Waals surface area contributed by atoms with E-state index in [0.29, 0.717) is 21.6 Å². The normalized spacial score (nSPS) is 10.2. The van der Waals surface area contributed by atoms with Crippen molar-refractivity contribution < 1.29 is 9.53 Å². The summed E-state index contributed by atoms with van der Waals surface area (Å²) in [6.07, 6.45) is 1.37. The first kappa shape index (κ1) is 15.4. The Hall–Kier alpha value is -1.98. The minimum Gasteiger partial charge on any atom is -0.462 e. The number of hydrogen-bond donors (Lipinski definition) is 2. The monoisotopic (exact) mass is 325 g/mol. The first-order chi connectivity index (χ1) is 10.0. The molecule has 1 aromatic carbocycles. The second-order valence-electron chi connectivity index (χ2n) is 4.10. The van der Waals surface area contributed by atoms with Gasteiger partial charge in [0.2, 0.25) is 0 Å². The van der Waals surface area contributed by atoms with Crippen LogP contribution in [0.15, 0.2) is 30.5 Å². The summed E-state index contributed by atoms with van der Waals surface area (Å²) in [5, 5.41) is 3.85. The number of para-hydroxylation sites is 1. The van der Waals surface area contributed by atoms with E-state index in [9.17, 15) is 4.79 Å². The van der Waals surface area contributed by atoms with E-state index in [1.165, 1.54) is 12.3 Å². The molecule has 21 heavy (non-hydrogen) atoms. The quantitative estimate of drug-likeness (QED) is 0.834. The minimum absolute atomic E-state index is 0.234. The maximum atomic E-state index is 11.8. The van der Waals surface area contributed by atoms with Gasteiger partial charge in [0, 0.05) is 0 Å². The molecule has 0 atom stereocenters. The van der Waals surface area contributed by atoms with Gasteiger partial charge in [0.05, 0.1) is 39.8 Å². The van der Waals surface area contributed by atoms with Gasteiger partial charge in [0.1, 0.15) is 5.82 Å². The number of hydrogen-bond acceptors (Lipinski definition) is 5. The second-order valence-corrected chi connectivity index (χ2v) is 4.91. The molecule has 0 aliphatic rings. The molecule has 0 saturated carbocycles. The molecule has 1 aromatic heterocycles. The van der Waals surface area contributed by atoms with Crippen LogP contribution in [0.1, 0.15) is 17.3 Å². The lowest BCUT2D eigenvalue weighted by molar-refractivity contribution is 0.0527. The van der Waals surface area contributed by atoms with Crippen molar-refractivity contribution in [2.75, 3.05) is 17.7 Å². The third-order valence-electron chi connectivity index (χ3n) is 2.65. The highest BCUT2D eigenvalue weighted by Gasteiger charge is 2.14. The van der Waals surface area contributed by atoms with Gasteiger partial charge in [-0.25, -0.2) is 9.78 Å². The number of aromatic nitrogens is 1. The molecule has 0 saturated heterocycles. The Balaban J connectivity index is 2.33. The molecule has 0 bridgehead atoms. The number of halogens is 2. The number of anilines is 3. The summed E-state index contributed by atoms with van der Waals surface area (Å²) in [5.74, 6) is -0.118. The number of pyridine rings is 1. The smallest absolute Gasteiger partial charge is 0.340 e. The third kappa shape index (κ3) is 3.56. The van der Waals surface area contributed by atoms with Gasteiger partial charge in [-0.15, -0.1) is 0 Å². The zero-order valence-electron chi connectivity index (χ0n) is 11.2. The van der Waals surface area contributed by atoms with Gasteiger partial charge in [-0.05, 0) is 25.1 Å². The zero-order chi connectivity index (χ0) is 15.4. The van der Waals surface area contributed by atoms with Crippen molar-refractivity contribution in [1.29, 1.82) is 0 Å². The fraction of sp³-hybridized carbons (Fsp3) is 0.143. The van der Waals surface area contributed by atoms with Crippen LogP contribution in [-0.4, -0.2) is 17.6 Å². The van der Waals surface area contributed by atoms with Crippen molar-refractivity contribution in [3.05, 3.63) is 46.1 Å². The predicted molar refractivity (Wildman–Crippen MR) is 84.4 cm³/mol. The van der Waals surface area contributed by atoms with Crippen molar-refractivity contribution in [2.24, 2.45) is 0 Å². The molecule has 3 N–H and O–H groups in total. The van der Waals surface area contributed by atoms with Gasteiger partial charge in [0.25, 0.3) is 0 Å². The summed E-state index contributed by atoms with van der Waals surface area (Å²) in [6, 6.07) is 6.61. The molecule has 1 heterocycles. The van der Waals surface area contributed by atoms with Crippen LogP contribution in [0.5, 0.6) is 0 Å². The fourth-order valence-electron chi connectivity index (χ4n) is 1.67. The van der Waals surface area contributed by atoms with Crippen LogP contribution in [-0.2, 0) is 4.74 Å². The lowest BCUT2D eigenvalue weighted by Crippen LogP contribution is -2.09. The molecule has 0 unspecified atom stereocenters. The van der Waals surface area contributed by atoms with Crippen LogP contribution in [0.2, 0.25) is 10.0 Å². The Bertz CT molecular complexity index is 657. The number of esters is 1. The van der Waals surface area contributed by atoms with Crippen molar-refractivity contribution in [1.82, 2.24) is 4.98 Å². The van der Waals surface area contributed by atoms with E-state index >= 15 is 0 Å². The second kappa shape index (κ2) is 6.65. The fourth-order valence-corrected chi connectivity index (χ4v) is 2.16. The standard InChI is InChI=1S/C14H13Cl2N3O2/c1-2-21-14(20)8-6-12(18-7-11(8)17)19-13-9(15)4-3-5-10(13)16/h3-7H,2,17H2,1H3,(H,18,19). The van der Waals surface area contributed by atoms with E-state index in [0.717, 1.165) is 0 Å². The summed E-state index contributed by atoms with van der Waals surface area (Å²) in [7, 11) is 0. The number of ether oxygens (including phenoxy) is 1. The number of nitrogens with two attached hydrogens (primary N) is 1. The van der Waals surface area contributed by atoms with Gasteiger partial charge in [-0.1, -0.05) is 29.3 Å². The van der Waals surface area contributed by atoms with E-state index in [4.69, 9.17) is 33.7 Å². The highest BCUT2D eigenvalue weighted by Crippen LogP contribution is 2.32. The number of benzene rings is 1. The number of nitrogens with zero attached hydrogens (tertiary/aromatic N) is 1. The van der Waals surface area contributed by atoms with Gasteiger partial charge in [0.15, 0.2) is 0 Å². The van der Waals surface area contributed by atoms with Gasteiger partial charge in [-0.2, -0.15) is 0 Å². The Morgan fingerprint density at radius 1 is 1.38 bits per heavy atom. The molecule has 0 amide bonds. The van der Waals surface area contributed by atoms with Crippen LogP contribution in [0.3, 0.4) is 0 Å². The van der Waals surface area contributed by atoms with Crippen LogP contribution in [0, 0.1) is 0 Å². The van der Waals surface area contributed by atoms with Crippen molar-refractivity contribution in [3.8, 4) is 0 Å². The summed E-state index contributed by atoms with van der Waals surface area (Å²) in [5.41, 5.74) is 6.71. The van der Waals surface area contributed by atoms with Crippen LogP contribution >= 0.6 is 23.2 Å². The number of carbonyl (C=O) groups is 1. The highest BCUT2D eigenvalue weighted by atomic mass is 35.5. The Morgan fingerprint density at radius 2 is 2.05 bits per heavy atom. The molecule has 7 heteroatoms. The van der Waals surface area contributed by atoms with Gasteiger partial charge < -0.3 is 15.8 Å². The summed E-state index contributed by atoms with van der Waals surface area (Å²) < 4.78 is 4.93. The average Bonchev–Trinajstić information content (AvgIpc) is 2.45. The SMILES string of the molecule is CCOC(=O)c1cc(Nc2c(Cl)cccc2Cl)ncc1N. The molecular formula is C14H13Cl2N3O2. The summed E-state index contributed by atoms with van der Waals surface area (Å²) in [6.45, 7) is 1.98. The van der Waals surface area contributed by atoms with Crippen LogP contribution < -0.4 is 11.1 Å². The molecule has 110 valence electrons. The first-order valence-electron chi connectivity index (χ1n) is 6.16. The number of carbonyl (C=O) groups excluding carboxylic acids is 1. The van der Waals surface area contributed by atoms with Crippen LogP contribution in [0.4, 0.5) is 17.2 Å². The number of rotatable bonds is 4. The van der Waals surface area contributed by atoms with Gasteiger partial charge >= 0.3 is 5.97 Å². The third-order valence-corrected chi connectivity index (χ3v) is 3.28. The molecule has 2 rings (SSSR count). The van der Waals surface area contributed by atoms with Crippen molar-refractivity contribution in [3.63, 3.8) is 0 Å². The zero-order valence-corrected chi connectivity index (χ0v) is 12.7. The van der Waals surface area contributed by atoms with E-state index in [1.54, 1.807) is 25.1 Å². The molecule has 0 radical (unpaired) electrons. The van der Waals surface area contributed by atoms with Crippen molar-refractivity contribution in [2.45, 2.75) is 6.92 Å². The summed E-state index contributed by atoms with van der Waals surface area (Å²) >= 11 is 12.1. The number of nitrogens with one attached hydrogen (secondary N) is 1. The molecule has 2 aromatic rings. The first-order valence-corrected chi connectivity index (χ1v) is 6.92. The van der Waals surface area contributed by atoms with E-state index in [2.05, 4.69) is 10.3 Å². The lowest BCUT2D eigenvalue weighted by Gasteiger charge is -2.11. The van der Waals surface area contributed by atoms with Crippen molar-refractivity contribution >= 4 is 46.4 Å². The maximum Gasteiger partial charge on any atom is 0.340 e. The van der Waals surface area contributed by atoms with E-state index in [1.807, 2.05) is 0 Å². The van der Waals surface area contributed by atoms with Gasteiger partial charge in [-0.3, -0.25) is 0 Å². The maximum absolute atomic E-state index is 11.8.